The zero-order chi connectivity index (χ0) is 22.1. The first-order chi connectivity index (χ1) is 15.1. The number of rotatable bonds is 8. The maximum absolute atomic E-state index is 12.7. The van der Waals surface area contributed by atoms with Gasteiger partial charge in [-0.05, 0) is 42.0 Å². The van der Waals surface area contributed by atoms with E-state index in [2.05, 4.69) is 31.4 Å². The van der Waals surface area contributed by atoms with Gasteiger partial charge in [-0.3, -0.25) is 9.98 Å². The van der Waals surface area contributed by atoms with Crippen LogP contribution in [0.3, 0.4) is 0 Å². The molecule has 0 saturated carbocycles. The van der Waals surface area contributed by atoms with E-state index < -0.39 is 6.61 Å². The highest BCUT2D eigenvalue weighted by atomic mass is 19.3. The Morgan fingerprint density at radius 2 is 1.87 bits per heavy atom. The number of aromatic nitrogens is 1. The van der Waals surface area contributed by atoms with Crippen LogP contribution in [0.4, 0.5) is 8.78 Å². The second-order valence-electron chi connectivity index (χ2n) is 6.55. The minimum Gasteiger partial charge on any atom is -0.497 e. The molecule has 0 unspecified atom stereocenters. The van der Waals surface area contributed by atoms with Crippen LogP contribution in [-0.4, -0.2) is 31.7 Å². The highest BCUT2D eigenvalue weighted by Gasteiger charge is 2.12. The highest BCUT2D eigenvalue weighted by Crippen LogP contribution is 2.25. The van der Waals surface area contributed by atoms with Crippen LogP contribution in [0.1, 0.15) is 11.1 Å². The standard InChI is InChI=1S/C23H24F2N4O2/c1-26-23(29-15-18-13-19(30-2)9-10-21(18)31-22(24)25)28-14-16-6-5-7-17(12-16)20-8-3-4-11-27-20/h3-13,22H,14-15H2,1-2H3,(H2,26,28,29). The topological polar surface area (TPSA) is 67.8 Å². The van der Waals surface area contributed by atoms with Crippen molar-refractivity contribution in [3.63, 3.8) is 0 Å². The molecule has 8 heteroatoms. The van der Waals surface area contributed by atoms with Gasteiger partial charge in [0.1, 0.15) is 11.5 Å². The van der Waals surface area contributed by atoms with Crippen molar-refractivity contribution < 1.29 is 18.3 Å². The number of hydrogen-bond donors (Lipinski definition) is 2. The van der Waals surface area contributed by atoms with Crippen LogP contribution in [0.2, 0.25) is 0 Å². The van der Waals surface area contributed by atoms with E-state index in [1.165, 1.54) is 13.2 Å². The van der Waals surface area contributed by atoms with E-state index in [1.54, 1.807) is 25.4 Å². The summed E-state index contributed by atoms with van der Waals surface area (Å²) in [6.45, 7) is -2.15. The van der Waals surface area contributed by atoms with E-state index in [-0.39, 0.29) is 12.3 Å². The van der Waals surface area contributed by atoms with E-state index in [0.717, 1.165) is 16.8 Å². The molecular formula is C23H24F2N4O2. The number of pyridine rings is 1. The molecule has 0 saturated heterocycles. The number of aliphatic imine (C=N–C) groups is 1. The fraction of sp³-hybridized carbons (Fsp3) is 0.217. The third kappa shape index (κ3) is 6.40. The van der Waals surface area contributed by atoms with E-state index in [1.807, 2.05) is 36.4 Å². The van der Waals surface area contributed by atoms with Crippen LogP contribution in [-0.2, 0) is 13.1 Å². The summed E-state index contributed by atoms with van der Waals surface area (Å²) >= 11 is 0. The lowest BCUT2D eigenvalue weighted by Crippen LogP contribution is -2.36. The van der Waals surface area contributed by atoms with Crippen molar-refractivity contribution in [1.82, 2.24) is 15.6 Å². The van der Waals surface area contributed by atoms with Gasteiger partial charge in [-0.2, -0.15) is 8.78 Å². The zero-order valence-corrected chi connectivity index (χ0v) is 17.3. The minimum atomic E-state index is -2.91. The zero-order valence-electron chi connectivity index (χ0n) is 17.3. The normalized spacial score (nSPS) is 11.3. The number of halogens is 2. The number of nitrogens with zero attached hydrogens (tertiary/aromatic N) is 2. The van der Waals surface area contributed by atoms with E-state index >= 15 is 0 Å². The van der Waals surface area contributed by atoms with Gasteiger partial charge in [-0.25, -0.2) is 0 Å². The second-order valence-corrected chi connectivity index (χ2v) is 6.55. The Balaban J connectivity index is 1.63. The first-order valence-electron chi connectivity index (χ1n) is 9.65. The van der Waals surface area contributed by atoms with Crippen LogP contribution in [0.15, 0.2) is 71.9 Å². The van der Waals surface area contributed by atoms with Gasteiger partial charge in [-0.1, -0.05) is 24.3 Å². The Morgan fingerprint density at radius 1 is 1.03 bits per heavy atom. The van der Waals surface area contributed by atoms with Gasteiger partial charge >= 0.3 is 6.61 Å². The Labute approximate surface area is 180 Å². The average Bonchev–Trinajstić information content (AvgIpc) is 2.80. The van der Waals surface area contributed by atoms with E-state index in [0.29, 0.717) is 23.8 Å². The van der Waals surface area contributed by atoms with Crippen molar-refractivity contribution in [2.24, 2.45) is 4.99 Å². The Bertz CT molecular complexity index is 1010. The molecular weight excluding hydrogens is 402 g/mol. The van der Waals surface area contributed by atoms with Gasteiger partial charge < -0.3 is 20.1 Å². The van der Waals surface area contributed by atoms with Crippen molar-refractivity contribution in [2.45, 2.75) is 19.7 Å². The Morgan fingerprint density at radius 3 is 2.58 bits per heavy atom. The molecule has 0 spiro atoms. The molecule has 0 aliphatic carbocycles. The van der Waals surface area contributed by atoms with Crippen LogP contribution in [0, 0.1) is 0 Å². The maximum Gasteiger partial charge on any atom is 0.387 e. The summed E-state index contributed by atoms with van der Waals surface area (Å²) in [5.41, 5.74) is 3.50. The predicted octanol–water partition coefficient (Wildman–Crippen LogP) is 4.22. The van der Waals surface area contributed by atoms with Crippen LogP contribution in [0.5, 0.6) is 11.5 Å². The third-order valence-corrected chi connectivity index (χ3v) is 4.50. The minimum absolute atomic E-state index is 0.0850. The lowest BCUT2D eigenvalue weighted by molar-refractivity contribution is -0.0504. The molecule has 31 heavy (non-hydrogen) atoms. The molecule has 0 bridgehead atoms. The number of ether oxygens (including phenoxy) is 2. The first-order valence-corrected chi connectivity index (χ1v) is 9.65. The van der Waals surface area contributed by atoms with Gasteiger partial charge in [0.05, 0.1) is 12.8 Å². The quantitative estimate of drug-likeness (QED) is 0.417. The fourth-order valence-electron chi connectivity index (χ4n) is 2.99. The number of alkyl halides is 2. The summed E-state index contributed by atoms with van der Waals surface area (Å²) in [4.78, 5) is 8.57. The summed E-state index contributed by atoms with van der Waals surface area (Å²) in [5.74, 6) is 1.16. The van der Waals surface area contributed by atoms with E-state index in [4.69, 9.17) is 4.74 Å². The smallest absolute Gasteiger partial charge is 0.387 e. The highest BCUT2D eigenvalue weighted by molar-refractivity contribution is 5.79. The van der Waals surface area contributed by atoms with Crippen molar-refractivity contribution >= 4 is 5.96 Å². The van der Waals surface area contributed by atoms with Crippen LogP contribution >= 0.6 is 0 Å². The van der Waals surface area contributed by atoms with Crippen LogP contribution in [0.25, 0.3) is 11.3 Å². The van der Waals surface area contributed by atoms with Gasteiger partial charge in [0.2, 0.25) is 0 Å². The second kappa shape index (κ2) is 10.9. The molecule has 0 radical (unpaired) electrons. The number of guanidine groups is 1. The molecule has 0 fully saturated rings. The Kier molecular flexibility index (Phi) is 7.75. The van der Waals surface area contributed by atoms with Crippen molar-refractivity contribution in [1.29, 1.82) is 0 Å². The van der Waals surface area contributed by atoms with E-state index in [9.17, 15) is 8.78 Å². The van der Waals surface area contributed by atoms with Crippen molar-refractivity contribution in [3.05, 3.63) is 78.0 Å². The lowest BCUT2D eigenvalue weighted by Gasteiger charge is -2.15. The summed E-state index contributed by atoms with van der Waals surface area (Å²) in [6, 6.07) is 18.5. The average molecular weight is 426 g/mol. The molecule has 1 aromatic heterocycles. The molecule has 3 rings (SSSR count). The Hall–Kier alpha value is -3.68. The number of benzene rings is 2. The number of methoxy groups -OCH3 is 1. The molecule has 0 aliphatic rings. The summed E-state index contributed by atoms with van der Waals surface area (Å²) in [5, 5.41) is 6.34. The molecule has 2 aromatic carbocycles. The summed E-state index contributed by atoms with van der Waals surface area (Å²) in [6.07, 6.45) is 1.76. The first kappa shape index (κ1) is 22.0. The monoisotopic (exact) mass is 426 g/mol. The molecule has 0 amide bonds. The van der Waals surface area contributed by atoms with Gasteiger partial charge in [0, 0.05) is 37.5 Å². The predicted molar refractivity (Wildman–Crippen MR) is 116 cm³/mol. The molecule has 0 atom stereocenters. The molecule has 3 aromatic rings. The summed E-state index contributed by atoms with van der Waals surface area (Å²) in [7, 11) is 3.15. The number of hydrogen-bond acceptors (Lipinski definition) is 4. The number of nitrogens with one attached hydrogen (secondary N) is 2. The molecule has 162 valence electrons. The third-order valence-electron chi connectivity index (χ3n) is 4.50. The van der Waals surface area contributed by atoms with Gasteiger partial charge in [-0.15, -0.1) is 0 Å². The van der Waals surface area contributed by atoms with Crippen LogP contribution < -0.4 is 20.1 Å². The molecule has 2 N–H and O–H groups in total. The molecule has 1 heterocycles. The maximum atomic E-state index is 12.7. The van der Waals surface area contributed by atoms with Gasteiger partial charge in [0.25, 0.3) is 0 Å². The largest absolute Gasteiger partial charge is 0.497 e. The van der Waals surface area contributed by atoms with Crippen molar-refractivity contribution in [3.8, 4) is 22.8 Å². The molecule has 0 aliphatic heterocycles. The van der Waals surface area contributed by atoms with Crippen molar-refractivity contribution in [2.75, 3.05) is 14.2 Å². The lowest BCUT2D eigenvalue weighted by atomic mass is 10.1. The summed E-state index contributed by atoms with van der Waals surface area (Å²) < 4.78 is 35.2. The molecule has 6 nitrogen and oxygen atoms in total. The SMILES string of the molecule is CN=C(NCc1cccc(-c2ccccn2)c1)NCc1cc(OC)ccc1OC(F)F. The fourth-order valence-corrected chi connectivity index (χ4v) is 2.99. The van der Waals surface area contributed by atoms with Gasteiger partial charge in [0.15, 0.2) is 5.96 Å².